The first kappa shape index (κ1) is 13.3. The van der Waals surface area contributed by atoms with Crippen LogP contribution in [0, 0.1) is 5.92 Å². The molecule has 0 spiro atoms. The number of carbonyl (C=O) groups excluding carboxylic acids is 1. The Labute approximate surface area is 98.3 Å². The lowest BCUT2D eigenvalue weighted by atomic mass is 10.1. The van der Waals surface area contributed by atoms with Gasteiger partial charge in [0, 0.05) is 13.1 Å². The van der Waals surface area contributed by atoms with Gasteiger partial charge in [-0.3, -0.25) is 0 Å². The summed E-state index contributed by atoms with van der Waals surface area (Å²) in [6, 6.07) is 0. The van der Waals surface area contributed by atoms with Crippen LogP contribution in [0.15, 0.2) is 0 Å². The Balaban J connectivity index is 2.43. The van der Waals surface area contributed by atoms with Gasteiger partial charge in [0.25, 0.3) is 0 Å². The smallest absolute Gasteiger partial charge is 0.410 e. The summed E-state index contributed by atoms with van der Waals surface area (Å²) >= 11 is 0. The number of nitrogens with zero attached hydrogens (tertiary/aromatic N) is 1. The molecule has 1 aliphatic rings. The van der Waals surface area contributed by atoms with E-state index in [1.54, 1.807) is 4.90 Å². The molecule has 0 aromatic carbocycles. The molecule has 0 aliphatic carbocycles. The average Bonchev–Trinajstić information content (AvgIpc) is 2.63. The van der Waals surface area contributed by atoms with E-state index < -0.39 is 5.60 Å². The highest BCUT2D eigenvalue weighted by Crippen LogP contribution is 2.14. The number of amides is 1. The van der Waals surface area contributed by atoms with Gasteiger partial charge in [-0.05, 0) is 53.1 Å². The van der Waals surface area contributed by atoms with Gasteiger partial charge in [-0.25, -0.2) is 4.79 Å². The van der Waals surface area contributed by atoms with Gasteiger partial charge in [-0.2, -0.15) is 0 Å². The first-order chi connectivity index (χ1) is 7.42. The third-order valence-corrected chi connectivity index (χ3v) is 2.67. The highest BCUT2D eigenvalue weighted by Gasteiger charge is 2.24. The van der Waals surface area contributed by atoms with Crippen molar-refractivity contribution in [3.05, 3.63) is 0 Å². The molecular formula is C12H24N2O2. The fraction of sp³-hybridized carbons (Fsp3) is 0.917. The largest absolute Gasteiger partial charge is 0.444 e. The quantitative estimate of drug-likeness (QED) is 0.801. The molecule has 0 unspecified atom stereocenters. The van der Waals surface area contributed by atoms with Crippen molar-refractivity contribution in [2.45, 2.75) is 39.7 Å². The van der Waals surface area contributed by atoms with E-state index in [1.165, 1.54) is 0 Å². The maximum atomic E-state index is 11.9. The lowest BCUT2D eigenvalue weighted by molar-refractivity contribution is 0.0236. The molecule has 0 radical (unpaired) electrons. The predicted molar refractivity (Wildman–Crippen MR) is 64.5 cm³/mol. The second kappa shape index (κ2) is 5.53. The van der Waals surface area contributed by atoms with Crippen molar-refractivity contribution in [1.82, 2.24) is 10.2 Å². The van der Waals surface area contributed by atoms with Crippen molar-refractivity contribution in [2.24, 2.45) is 5.92 Å². The first-order valence-electron chi connectivity index (χ1n) is 6.11. The van der Waals surface area contributed by atoms with Gasteiger partial charge >= 0.3 is 6.09 Å². The predicted octanol–water partition coefficient (Wildman–Crippen LogP) is 1.85. The summed E-state index contributed by atoms with van der Waals surface area (Å²) in [7, 11) is 0. The van der Waals surface area contributed by atoms with Crippen LogP contribution in [-0.4, -0.2) is 42.8 Å². The van der Waals surface area contributed by atoms with E-state index >= 15 is 0 Å². The molecule has 0 bridgehead atoms. The Morgan fingerprint density at radius 3 is 2.62 bits per heavy atom. The summed E-state index contributed by atoms with van der Waals surface area (Å²) < 4.78 is 5.37. The number of rotatable bonds is 3. The van der Waals surface area contributed by atoms with E-state index in [0.29, 0.717) is 12.5 Å². The fourth-order valence-corrected chi connectivity index (χ4v) is 1.84. The second-order valence-electron chi connectivity index (χ2n) is 5.38. The molecule has 1 N–H and O–H groups in total. The van der Waals surface area contributed by atoms with Crippen molar-refractivity contribution < 1.29 is 9.53 Å². The zero-order valence-corrected chi connectivity index (χ0v) is 10.9. The van der Waals surface area contributed by atoms with E-state index in [9.17, 15) is 4.79 Å². The molecule has 1 fully saturated rings. The zero-order chi connectivity index (χ0) is 12.2. The van der Waals surface area contributed by atoms with Gasteiger partial charge < -0.3 is 15.0 Å². The highest BCUT2D eigenvalue weighted by molar-refractivity contribution is 5.68. The van der Waals surface area contributed by atoms with Crippen LogP contribution < -0.4 is 5.32 Å². The molecule has 1 saturated heterocycles. The second-order valence-corrected chi connectivity index (χ2v) is 5.38. The van der Waals surface area contributed by atoms with Gasteiger partial charge in [0.2, 0.25) is 0 Å². The number of nitrogens with one attached hydrogen (secondary N) is 1. The summed E-state index contributed by atoms with van der Waals surface area (Å²) in [5.41, 5.74) is -0.404. The van der Waals surface area contributed by atoms with Crippen LogP contribution in [0.4, 0.5) is 4.79 Å². The maximum Gasteiger partial charge on any atom is 0.410 e. The van der Waals surface area contributed by atoms with Crippen LogP contribution in [0.25, 0.3) is 0 Å². The van der Waals surface area contributed by atoms with Gasteiger partial charge in [0.15, 0.2) is 0 Å². The molecule has 1 heterocycles. The molecule has 94 valence electrons. The third kappa shape index (κ3) is 4.39. The van der Waals surface area contributed by atoms with Crippen LogP contribution in [0.5, 0.6) is 0 Å². The molecule has 4 nitrogen and oxygen atoms in total. The van der Waals surface area contributed by atoms with Crippen LogP contribution in [0.3, 0.4) is 0 Å². The Kier molecular flexibility index (Phi) is 4.59. The fourth-order valence-electron chi connectivity index (χ4n) is 1.84. The Bertz CT molecular complexity index is 230. The molecule has 1 rings (SSSR count). The van der Waals surface area contributed by atoms with Gasteiger partial charge in [0.1, 0.15) is 5.60 Å². The van der Waals surface area contributed by atoms with Crippen molar-refractivity contribution >= 4 is 6.09 Å². The first-order valence-corrected chi connectivity index (χ1v) is 6.11. The molecule has 4 heteroatoms. The Morgan fingerprint density at radius 2 is 2.19 bits per heavy atom. The van der Waals surface area contributed by atoms with Gasteiger partial charge in [-0.15, -0.1) is 0 Å². The van der Waals surface area contributed by atoms with Gasteiger partial charge in [-0.1, -0.05) is 0 Å². The summed E-state index contributed by atoms with van der Waals surface area (Å²) in [6.45, 7) is 11.3. The van der Waals surface area contributed by atoms with Crippen molar-refractivity contribution in [1.29, 1.82) is 0 Å². The van der Waals surface area contributed by atoms with E-state index in [1.807, 2.05) is 27.7 Å². The summed E-state index contributed by atoms with van der Waals surface area (Å²) in [6.07, 6.45) is 0.959. The molecular weight excluding hydrogens is 204 g/mol. The standard InChI is InChI=1S/C12H24N2O2/c1-5-14(9-10-6-7-13-8-10)11(15)16-12(2,3)4/h10,13H,5-9H2,1-4H3/t10-/m1/s1. The minimum atomic E-state index is -0.404. The summed E-state index contributed by atoms with van der Waals surface area (Å²) in [5.74, 6) is 0.576. The van der Waals surface area contributed by atoms with E-state index in [2.05, 4.69) is 5.32 Å². The molecule has 16 heavy (non-hydrogen) atoms. The number of ether oxygens (including phenoxy) is 1. The van der Waals surface area contributed by atoms with Crippen LogP contribution in [0.2, 0.25) is 0 Å². The number of carbonyl (C=O) groups is 1. The van der Waals surface area contributed by atoms with E-state index in [0.717, 1.165) is 26.1 Å². The molecule has 0 aromatic heterocycles. The molecule has 1 atom stereocenters. The highest BCUT2D eigenvalue weighted by atomic mass is 16.6. The van der Waals surface area contributed by atoms with Gasteiger partial charge in [0.05, 0.1) is 0 Å². The maximum absolute atomic E-state index is 11.9. The topological polar surface area (TPSA) is 41.6 Å². The molecule has 1 aliphatic heterocycles. The minimum absolute atomic E-state index is 0.193. The van der Waals surface area contributed by atoms with Crippen LogP contribution in [-0.2, 0) is 4.74 Å². The number of hydrogen-bond donors (Lipinski definition) is 1. The monoisotopic (exact) mass is 228 g/mol. The Hall–Kier alpha value is -0.770. The SMILES string of the molecule is CCN(C[C@@H]1CCNC1)C(=O)OC(C)(C)C. The summed E-state index contributed by atoms with van der Waals surface area (Å²) in [4.78, 5) is 13.7. The number of hydrogen-bond acceptors (Lipinski definition) is 3. The molecule has 0 saturated carbocycles. The molecule has 1 amide bonds. The van der Waals surface area contributed by atoms with E-state index in [-0.39, 0.29) is 6.09 Å². The third-order valence-electron chi connectivity index (χ3n) is 2.67. The van der Waals surface area contributed by atoms with Crippen molar-refractivity contribution in [2.75, 3.05) is 26.2 Å². The zero-order valence-electron chi connectivity index (χ0n) is 10.9. The average molecular weight is 228 g/mol. The van der Waals surface area contributed by atoms with E-state index in [4.69, 9.17) is 4.74 Å². The normalized spacial score (nSPS) is 20.9. The van der Waals surface area contributed by atoms with Crippen LogP contribution in [0.1, 0.15) is 34.1 Å². The minimum Gasteiger partial charge on any atom is -0.444 e. The van der Waals surface area contributed by atoms with Crippen molar-refractivity contribution in [3.8, 4) is 0 Å². The Morgan fingerprint density at radius 1 is 1.50 bits per heavy atom. The summed E-state index contributed by atoms with van der Waals surface area (Å²) in [5, 5.41) is 3.31. The van der Waals surface area contributed by atoms with Crippen molar-refractivity contribution in [3.63, 3.8) is 0 Å². The lowest BCUT2D eigenvalue weighted by Gasteiger charge is -2.28. The lowest BCUT2D eigenvalue weighted by Crippen LogP contribution is -2.39. The molecule has 0 aromatic rings. The van der Waals surface area contributed by atoms with Crippen LogP contribution >= 0.6 is 0 Å².